The first kappa shape index (κ1) is 28.6. The summed E-state index contributed by atoms with van der Waals surface area (Å²) in [4.78, 5) is 38.4. The predicted octanol–water partition coefficient (Wildman–Crippen LogP) is 4.85. The van der Waals surface area contributed by atoms with Crippen LogP contribution < -0.4 is 0 Å². The molecule has 1 unspecified atom stereocenters. The zero-order valence-electron chi connectivity index (χ0n) is 20.6. The summed E-state index contributed by atoms with van der Waals surface area (Å²) in [5.41, 5.74) is 0.994. The van der Waals surface area contributed by atoms with Crippen molar-refractivity contribution in [3.63, 3.8) is 0 Å². The van der Waals surface area contributed by atoms with Crippen LogP contribution in [0.3, 0.4) is 0 Å². The highest BCUT2D eigenvalue weighted by Crippen LogP contribution is 2.15. The lowest BCUT2D eigenvalue weighted by Crippen LogP contribution is -2.23. The molecule has 0 bridgehead atoms. The summed E-state index contributed by atoms with van der Waals surface area (Å²) in [6.07, 6.45) is 8.78. The molecule has 0 N–H and O–H groups in total. The number of amides is 1. The molecule has 1 atom stereocenters. The smallest absolute Gasteiger partial charge is 0.333 e. The normalized spacial score (nSPS) is 13.8. The van der Waals surface area contributed by atoms with Crippen molar-refractivity contribution in [1.29, 1.82) is 0 Å². The number of hydrogen-bond acceptors (Lipinski definition) is 5. The van der Waals surface area contributed by atoms with Gasteiger partial charge in [-0.15, -0.1) is 0 Å². The second kappa shape index (κ2) is 15.4. The van der Waals surface area contributed by atoms with E-state index in [4.69, 9.17) is 9.47 Å². The van der Waals surface area contributed by atoms with Gasteiger partial charge in [0.25, 0.3) is 5.91 Å². The first-order valence-electron chi connectivity index (χ1n) is 11.2. The fraction of sp³-hybridized carbons (Fsp3) is 0.640. The molecule has 0 saturated carbocycles. The Bertz CT molecular complexity index is 686. The third-order valence-corrected chi connectivity index (χ3v) is 4.72. The Morgan fingerprint density at radius 2 is 1.48 bits per heavy atom. The molecule has 31 heavy (non-hydrogen) atoms. The van der Waals surface area contributed by atoms with Gasteiger partial charge in [-0.1, -0.05) is 53.0 Å². The Labute approximate surface area is 188 Å². The number of hydrogen-bond donors (Lipinski definition) is 0. The first-order chi connectivity index (χ1) is 14.5. The molecule has 1 amide bonds. The first-order valence-corrected chi connectivity index (χ1v) is 11.2. The van der Waals surface area contributed by atoms with E-state index in [1.807, 2.05) is 13.8 Å². The van der Waals surface area contributed by atoms with Gasteiger partial charge in [0.1, 0.15) is 0 Å². The Morgan fingerprint density at radius 3 is 2.00 bits per heavy atom. The van der Waals surface area contributed by atoms with E-state index in [2.05, 4.69) is 13.8 Å². The SMILES string of the molecule is CCCCC(CC)COC(=O)/C(C)=C/C(=C/C=C(\C)C(=O)OCC(C)C)C(=O)N(C)C. The Balaban J connectivity index is 5.40. The van der Waals surface area contributed by atoms with E-state index >= 15 is 0 Å². The molecule has 0 aliphatic heterocycles. The Kier molecular flexibility index (Phi) is 14.3. The molecule has 6 heteroatoms. The highest BCUT2D eigenvalue weighted by Gasteiger charge is 2.15. The van der Waals surface area contributed by atoms with E-state index in [-0.39, 0.29) is 17.4 Å². The molecule has 0 spiro atoms. The van der Waals surface area contributed by atoms with E-state index < -0.39 is 11.9 Å². The molecule has 0 aliphatic carbocycles. The monoisotopic (exact) mass is 435 g/mol. The number of carbonyl (C=O) groups is 3. The van der Waals surface area contributed by atoms with Crippen molar-refractivity contribution >= 4 is 17.8 Å². The van der Waals surface area contributed by atoms with Crippen LogP contribution >= 0.6 is 0 Å². The third-order valence-electron chi connectivity index (χ3n) is 4.72. The number of nitrogens with zero attached hydrogens (tertiary/aromatic N) is 1. The van der Waals surface area contributed by atoms with Gasteiger partial charge in [0.2, 0.25) is 0 Å². The lowest BCUT2D eigenvalue weighted by Gasteiger charge is -2.15. The van der Waals surface area contributed by atoms with Crippen molar-refractivity contribution in [1.82, 2.24) is 4.90 Å². The third kappa shape index (κ3) is 12.2. The van der Waals surface area contributed by atoms with Gasteiger partial charge in [-0.2, -0.15) is 0 Å². The number of esters is 2. The number of ether oxygens (including phenoxy) is 2. The fourth-order valence-electron chi connectivity index (χ4n) is 2.58. The van der Waals surface area contributed by atoms with E-state index in [1.165, 1.54) is 23.1 Å². The molecule has 0 aromatic carbocycles. The van der Waals surface area contributed by atoms with Crippen molar-refractivity contribution in [3.8, 4) is 0 Å². The van der Waals surface area contributed by atoms with Crippen molar-refractivity contribution in [2.24, 2.45) is 11.8 Å². The quantitative estimate of drug-likeness (QED) is 0.235. The van der Waals surface area contributed by atoms with E-state index in [9.17, 15) is 14.4 Å². The van der Waals surface area contributed by atoms with Crippen molar-refractivity contribution in [2.45, 2.75) is 67.2 Å². The number of rotatable bonds is 13. The van der Waals surface area contributed by atoms with Crippen LogP contribution in [0, 0.1) is 11.8 Å². The van der Waals surface area contributed by atoms with Gasteiger partial charge in [0, 0.05) is 30.8 Å². The van der Waals surface area contributed by atoms with Crippen LogP contribution in [0.15, 0.2) is 34.9 Å². The summed E-state index contributed by atoms with van der Waals surface area (Å²) < 4.78 is 10.7. The molecule has 0 rings (SSSR count). The summed E-state index contributed by atoms with van der Waals surface area (Å²) >= 11 is 0. The van der Waals surface area contributed by atoms with Gasteiger partial charge < -0.3 is 14.4 Å². The summed E-state index contributed by atoms with van der Waals surface area (Å²) in [6, 6.07) is 0. The van der Waals surface area contributed by atoms with Crippen LogP contribution in [0.2, 0.25) is 0 Å². The number of unbranched alkanes of at least 4 members (excludes halogenated alkanes) is 1. The molecule has 176 valence electrons. The predicted molar refractivity (Wildman–Crippen MR) is 124 cm³/mol. The Hall–Kier alpha value is -2.37. The number of allylic oxidation sites excluding steroid dienone is 2. The zero-order chi connectivity index (χ0) is 24.0. The minimum absolute atomic E-state index is 0.240. The van der Waals surface area contributed by atoms with Crippen molar-refractivity contribution in [2.75, 3.05) is 27.3 Å². The second-order valence-corrected chi connectivity index (χ2v) is 8.51. The fourth-order valence-corrected chi connectivity index (χ4v) is 2.58. The standard InChI is InChI=1S/C25H41NO5/c1-9-11-12-21(10-2)17-31-25(29)20(6)15-22(23(27)26(7)8)14-13-19(5)24(28)30-16-18(3)4/h13-15,18,21H,9-12,16-17H2,1-8H3/b19-13+,20-15+,22-14-. The Morgan fingerprint density at radius 1 is 0.903 bits per heavy atom. The van der Waals surface area contributed by atoms with Crippen molar-refractivity contribution < 1.29 is 23.9 Å². The number of carbonyl (C=O) groups excluding carboxylic acids is 3. The second-order valence-electron chi connectivity index (χ2n) is 8.51. The minimum atomic E-state index is -0.440. The van der Waals surface area contributed by atoms with Crippen LogP contribution in [-0.4, -0.2) is 50.1 Å². The zero-order valence-corrected chi connectivity index (χ0v) is 20.6. The number of likely N-dealkylation sites (N-methyl/N-ethyl adjacent to an activating group) is 1. The largest absolute Gasteiger partial charge is 0.462 e. The highest BCUT2D eigenvalue weighted by molar-refractivity contribution is 5.99. The van der Waals surface area contributed by atoms with Gasteiger partial charge in [-0.25, -0.2) is 9.59 Å². The molecule has 0 aromatic rings. The van der Waals surface area contributed by atoms with E-state index in [0.717, 1.165) is 25.7 Å². The molecule has 0 heterocycles. The van der Waals surface area contributed by atoms with Crippen LogP contribution in [0.4, 0.5) is 0 Å². The van der Waals surface area contributed by atoms with Crippen LogP contribution in [0.5, 0.6) is 0 Å². The van der Waals surface area contributed by atoms with E-state index in [1.54, 1.807) is 27.9 Å². The topological polar surface area (TPSA) is 72.9 Å². The maximum atomic E-state index is 12.5. The summed E-state index contributed by atoms with van der Waals surface area (Å²) in [7, 11) is 3.26. The van der Waals surface area contributed by atoms with Crippen LogP contribution in [0.25, 0.3) is 0 Å². The van der Waals surface area contributed by atoms with Crippen molar-refractivity contribution in [3.05, 3.63) is 34.9 Å². The molecule has 0 aromatic heterocycles. The highest BCUT2D eigenvalue weighted by atomic mass is 16.5. The molecular formula is C25H41NO5. The summed E-state index contributed by atoms with van der Waals surface area (Å²) in [6.45, 7) is 12.1. The molecule has 0 aliphatic rings. The van der Waals surface area contributed by atoms with Gasteiger partial charge in [-0.05, 0) is 44.3 Å². The van der Waals surface area contributed by atoms with E-state index in [0.29, 0.717) is 30.3 Å². The van der Waals surface area contributed by atoms with Crippen LogP contribution in [0.1, 0.15) is 67.2 Å². The van der Waals surface area contributed by atoms with Gasteiger partial charge in [-0.3, -0.25) is 4.79 Å². The molecular weight excluding hydrogens is 394 g/mol. The van der Waals surface area contributed by atoms with Gasteiger partial charge in [0.15, 0.2) is 0 Å². The molecule has 0 fully saturated rings. The van der Waals surface area contributed by atoms with Gasteiger partial charge >= 0.3 is 11.9 Å². The lowest BCUT2D eigenvalue weighted by molar-refractivity contribution is -0.141. The maximum Gasteiger partial charge on any atom is 0.333 e. The summed E-state index contributed by atoms with van der Waals surface area (Å²) in [5.74, 6) is -0.563. The average Bonchev–Trinajstić information content (AvgIpc) is 2.73. The molecule has 0 saturated heterocycles. The lowest BCUT2D eigenvalue weighted by atomic mass is 10.0. The van der Waals surface area contributed by atoms with Gasteiger partial charge in [0.05, 0.1) is 13.2 Å². The minimum Gasteiger partial charge on any atom is -0.462 e. The van der Waals surface area contributed by atoms with Crippen LogP contribution in [-0.2, 0) is 23.9 Å². The maximum absolute atomic E-state index is 12.5. The average molecular weight is 436 g/mol. The molecule has 0 radical (unpaired) electrons. The molecule has 6 nitrogen and oxygen atoms in total. The summed E-state index contributed by atoms with van der Waals surface area (Å²) in [5, 5.41) is 0.